The standard InChI is InChI=1S/C17H13ClN6/c1-24-6-4-13(23-24)17-16(21-9-14(19)22-17)11-7-10-3-2-5-20-15(10)12(18)8-11/h2-9H,1H3,(H2,19,22). The van der Waals surface area contributed by atoms with Crippen LogP contribution in [0.25, 0.3) is 33.5 Å². The first-order chi connectivity index (χ1) is 11.6. The van der Waals surface area contributed by atoms with Crippen LogP contribution in [0.5, 0.6) is 0 Å². The molecule has 6 nitrogen and oxygen atoms in total. The first-order valence-electron chi connectivity index (χ1n) is 7.29. The van der Waals surface area contributed by atoms with Crippen LogP contribution in [0.3, 0.4) is 0 Å². The van der Waals surface area contributed by atoms with Crippen LogP contribution >= 0.6 is 11.6 Å². The number of nitrogen functional groups attached to an aromatic ring is 1. The molecule has 0 unspecified atom stereocenters. The summed E-state index contributed by atoms with van der Waals surface area (Å²) in [6, 6.07) is 9.53. The van der Waals surface area contributed by atoms with E-state index in [9.17, 15) is 0 Å². The minimum atomic E-state index is 0.341. The van der Waals surface area contributed by atoms with Gasteiger partial charge in [-0.3, -0.25) is 14.6 Å². The fourth-order valence-corrected chi connectivity index (χ4v) is 2.89. The van der Waals surface area contributed by atoms with Crippen LogP contribution in [-0.2, 0) is 7.05 Å². The van der Waals surface area contributed by atoms with E-state index in [1.165, 1.54) is 6.20 Å². The van der Waals surface area contributed by atoms with E-state index in [4.69, 9.17) is 17.3 Å². The highest BCUT2D eigenvalue weighted by molar-refractivity contribution is 6.35. The van der Waals surface area contributed by atoms with Crippen LogP contribution in [0.15, 0.2) is 48.9 Å². The molecule has 4 aromatic rings. The Hall–Kier alpha value is -2.99. The first-order valence-corrected chi connectivity index (χ1v) is 7.67. The molecule has 3 heterocycles. The summed E-state index contributed by atoms with van der Waals surface area (Å²) < 4.78 is 1.71. The molecule has 1 aromatic carbocycles. The van der Waals surface area contributed by atoms with Crippen molar-refractivity contribution in [1.82, 2.24) is 24.7 Å². The number of rotatable bonds is 2. The van der Waals surface area contributed by atoms with Gasteiger partial charge in [-0.2, -0.15) is 5.10 Å². The molecule has 3 aromatic heterocycles. The zero-order valence-electron chi connectivity index (χ0n) is 12.8. The Balaban J connectivity index is 1.97. The number of aryl methyl sites for hydroxylation is 1. The van der Waals surface area contributed by atoms with Gasteiger partial charge in [-0.25, -0.2) is 4.98 Å². The van der Waals surface area contributed by atoms with E-state index >= 15 is 0 Å². The highest BCUT2D eigenvalue weighted by Gasteiger charge is 2.15. The van der Waals surface area contributed by atoms with E-state index in [1.54, 1.807) is 10.9 Å². The van der Waals surface area contributed by atoms with Crippen LogP contribution in [0.1, 0.15) is 0 Å². The number of fused-ring (bicyclic) bond motifs is 1. The number of anilines is 1. The van der Waals surface area contributed by atoms with Gasteiger partial charge in [0.15, 0.2) is 0 Å². The lowest BCUT2D eigenvalue weighted by atomic mass is 10.0. The molecule has 0 fully saturated rings. The van der Waals surface area contributed by atoms with Crippen molar-refractivity contribution in [2.45, 2.75) is 0 Å². The van der Waals surface area contributed by atoms with Gasteiger partial charge in [-0.1, -0.05) is 17.7 Å². The molecule has 0 bridgehead atoms. The molecule has 0 spiro atoms. The summed E-state index contributed by atoms with van der Waals surface area (Å²) in [7, 11) is 1.85. The number of benzene rings is 1. The maximum Gasteiger partial charge on any atom is 0.142 e. The Labute approximate surface area is 143 Å². The Kier molecular flexibility index (Phi) is 3.39. The molecule has 4 rings (SSSR count). The fraction of sp³-hybridized carbons (Fsp3) is 0.0588. The predicted octanol–water partition coefficient (Wildman–Crippen LogP) is 3.33. The summed E-state index contributed by atoms with van der Waals surface area (Å²) in [5.41, 5.74) is 9.42. The van der Waals surface area contributed by atoms with E-state index in [-0.39, 0.29) is 0 Å². The summed E-state index contributed by atoms with van der Waals surface area (Å²) >= 11 is 6.39. The van der Waals surface area contributed by atoms with Gasteiger partial charge < -0.3 is 5.73 Å². The lowest BCUT2D eigenvalue weighted by molar-refractivity contribution is 0.770. The molecule has 0 aliphatic rings. The number of hydrogen-bond acceptors (Lipinski definition) is 5. The van der Waals surface area contributed by atoms with Crippen LogP contribution in [0.4, 0.5) is 5.82 Å². The van der Waals surface area contributed by atoms with Crippen molar-refractivity contribution in [2.75, 3.05) is 5.73 Å². The number of pyridine rings is 1. The van der Waals surface area contributed by atoms with Gasteiger partial charge in [0, 0.05) is 30.4 Å². The SMILES string of the molecule is Cn1ccc(-c2nc(N)cnc2-c2cc(Cl)c3ncccc3c2)n1. The molecule has 0 amide bonds. The summed E-state index contributed by atoms with van der Waals surface area (Å²) in [4.78, 5) is 13.2. The molecular weight excluding hydrogens is 324 g/mol. The van der Waals surface area contributed by atoms with E-state index < -0.39 is 0 Å². The zero-order valence-corrected chi connectivity index (χ0v) is 13.6. The second-order valence-corrected chi connectivity index (χ2v) is 5.81. The van der Waals surface area contributed by atoms with Gasteiger partial charge in [0.2, 0.25) is 0 Å². The average Bonchev–Trinajstić information content (AvgIpc) is 3.01. The van der Waals surface area contributed by atoms with Gasteiger partial charge in [-0.05, 0) is 24.3 Å². The van der Waals surface area contributed by atoms with E-state index in [0.29, 0.717) is 27.9 Å². The summed E-state index contributed by atoms with van der Waals surface area (Å²) in [6.45, 7) is 0. The molecule has 24 heavy (non-hydrogen) atoms. The third-order valence-corrected chi connectivity index (χ3v) is 3.97. The Morgan fingerprint density at radius 3 is 2.79 bits per heavy atom. The molecule has 118 valence electrons. The molecule has 0 radical (unpaired) electrons. The van der Waals surface area contributed by atoms with Gasteiger partial charge in [0.25, 0.3) is 0 Å². The van der Waals surface area contributed by atoms with Crippen LogP contribution in [0.2, 0.25) is 5.02 Å². The second-order valence-electron chi connectivity index (χ2n) is 5.40. The van der Waals surface area contributed by atoms with Crippen LogP contribution in [0, 0.1) is 0 Å². The molecule has 0 saturated heterocycles. The van der Waals surface area contributed by atoms with Crippen LogP contribution < -0.4 is 5.73 Å². The highest BCUT2D eigenvalue weighted by Crippen LogP contribution is 2.33. The summed E-state index contributed by atoms with van der Waals surface area (Å²) in [5.74, 6) is 0.341. The minimum absolute atomic E-state index is 0.341. The zero-order chi connectivity index (χ0) is 16.7. The van der Waals surface area contributed by atoms with Gasteiger partial charge in [0.05, 0.1) is 22.4 Å². The highest BCUT2D eigenvalue weighted by atomic mass is 35.5. The largest absolute Gasteiger partial charge is 0.382 e. The molecule has 2 N–H and O–H groups in total. The maximum absolute atomic E-state index is 6.39. The lowest BCUT2D eigenvalue weighted by Gasteiger charge is -2.09. The second kappa shape index (κ2) is 5.58. The number of nitrogens with zero attached hydrogens (tertiary/aromatic N) is 5. The third kappa shape index (κ3) is 2.47. The molecule has 0 saturated carbocycles. The van der Waals surface area contributed by atoms with Crippen molar-refractivity contribution in [3.63, 3.8) is 0 Å². The molecule has 0 aliphatic carbocycles. The minimum Gasteiger partial charge on any atom is -0.382 e. The molecule has 0 atom stereocenters. The van der Waals surface area contributed by atoms with Crippen LogP contribution in [-0.4, -0.2) is 24.7 Å². The number of hydrogen-bond donors (Lipinski definition) is 1. The number of nitrogens with two attached hydrogens (primary N) is 1. The van der Waals surface area contributed by atoms with E-state index in [0.717, 1.165) is 16.5 Å². The molecular formula is C17H13ClN6. The Bertz CT molecular complexity index is 1060. The summed E-state index contributed by atoms with van der Waals surface area (Å²) in [5, 5.41) is 5.91. The van der Waals surface area contributed by atoms with Crippen molar-refractivity contribution in [3.05, 3.63) is 53.9 Å². The van der Waals surface area contributed by atoms with E-state index in [2.05, 4.69) is 20.1 Å². The smallest absolute Gasteiger partial charge is 0.142 e. The Morgan fingerprint density at radius 2 is 2.00 bits per heavy atom. The lowest BCUT2D eigenvalue weighted by Crippen LogP contribution is -1.99. The van der Waals surface area contributed by atoms with Gasteiger partial charge >= 0.3 is 0 Å². The van der Waals surface area contributed by atoms with Crippen molar-refractivity contribution >= 4 is 28.3 Å². The monoisotopic (exact) mass is 336 g/mol. The van der Waals surface area contributed by atoms with E-state index in [1.807, 2.05) is 43.6 Å². The van der Waals surface area contributed by atoms with Crippen molar-refractivity contribution in [2.24, 2.45) is 7.05 Å². The van der Waals surface area contributed by atoms with Crippen molar-refractivity contribution in [1.29, 1.82) is 0 Å². The third-order valence-electron chi connectivity index (χ3n) is 3.68. The molecule has 0 aliphatic heterocycles. The van der Waals surface area contributed by atoms with Gasteiger partial charge in [-0.15, -0.1) is 0 Å². The topological polar surface area (TPSA) is 82.5 Å². The predicted molar refractivity (Wildman–Crippen MR) is 94.4 cm³/mol. The average molecular weight is 337 g/mol. The summed E-state index contributed by atoms with van der Waals surface area (Å²) in [6.07, 6.45) is 5.10. The first kappa shape index (κ1) is 14.6. The Morgan fingerprint density at radius 1 is 1.12 bits per heavy atom. The molecule has 7 heteroatoms. The maximum atomic E-state index is 6.39. The normalized spacial score (nSPS) is 11.1. The number of halogens is 1. The number of aromatic nitrogens is 5. The fourth-order valence-electron chi connectivity index (χ4n) is 2.62. The van der Waals surface area contributed by atoms with Gasteiger partial charge in [0.1, 0.15) is 17.2 Å². The van der Waals surface area contributed by atoms with Crippen molar-refractivity contribution in [3.8, 4) is 22.6 Å². The quantitative estimate of drug-likeness (QED) is 0.607. The van der Waals surface area contributed by atoms with Crippen molar-refractivity contribution < 1.29 is 0 Å².